The minimum atomic E-state index is -0.832. The van der Waals surface area contributed by atoms with E-state index >= 15 is 0 Å². The zero-order valence-corrected chi connectivity index (χ0v) is 8.57. The van der Waals surface area contributed by atoms with Gasteiger partial charge in [-0.25, -0.2) is 4.79 Å². The molecule has 0 aliphatic heterocycles. The number of amides is 2. The molecule has 1 aliphatic carbocycles. The molecule has 1 fully saturated rings. The van der Waals surface area contributed by atoms with Gasteiger partial charge in [0.25, 0.3) is 0 Å². The van der Waals surface area contributed by atoms with E-state index in [9.17, 15) is 9.59 Å². The molecule has 0 aromatic heterocycles. The maximum absolute atomic E-state index is 11.5. The zero-order chi connectivity index (χ0) is 11.3. The van der Waals surface area contributed by atoms with Crippen molar-refractivity contribution in [2.75, 3.05) is 13.2 Å². The van der Waals surface area contributed by atoms with Gasteiger partial charge in [0.05, 0.1) is 12.5 Å². The van der Waals surface area contributed by atoms with Gasteiger partial charge in [-0.15, -0.1) is 0 Å². The third kappa shape index (κ3) is 3.75. The van der Waals surface area contributed by atoms with Crippen LogP contribution in [-0.4, -0.2) is 31.2 Å². The van der Waals surface area contributed by atoms with Crippen LogP contribution < -0.4 is 16.8 Å². The van der Waals surface area contributed by atoms with Crippen LogP contribution in [0.4, 0.5) is 4.79 Å². The fraction of sp³-hybridized carbons (Fsp3) is 0.778. The highest BCUT2D eigenvalue weighted by Crippen LogP contribution is 2.23. The van der Waals surface area contributed by atoms with Crippen molar-refractivity contribution in [2.45, 2.75) is 25.3 Å². The second kappa shape index (κ2) is 5.55. The van der Waals surface area contributed by atoms with Crippen molar-refractivity contribution in [1.29, 1.82) is 0 Å². The maximum Gasteiger partial charge on any atom is 0.404 e. The lowest BCUT2D eigenvalue weighted by Gasteiger charge is -2.14. The summed E-state index contributed by atoms with van der Waals surface area (Å²) in [5, 5.41) is 2.66. The minimum Gasteiger partial charge on any atom is -0.448 e. The van der Waals surface area contributed by atoms with E-state index in [1.165, 1.54) is 0 Å². The first-order chi connectivity index (χ1) is 7.11. The summed E-state index contributed by atoms with van der Waals surface area (Å²) in [4.78, 5) is 21.8. The van der Waals surface area contributed by atoms with Crippen molar-refractivity contribution in [3.8, 4) is 0 Å². The lowest BCUT2D eigenvalue weighted by molar-refractivity contribution is -0.125. The number of nitrogens with two attached hydrogens (primary N) is 2. The summed E-state index contributed by atoms with van der Waals surface area (Å²) in [5.74, 6) is -0.161. The summed E-state index contributed by atoms with van der Waals surface area (Å²) in [7, 11) is 0. The van der Waals surface area contributed by atoms with E-state index in [1.807, 2.05) is 0 Å². The Morgan fingerprint density at radius 1 is 1.40 bits per heavy atom. The molecule has 0 radical (unpaired) electrons. The van der Waals surface area contributed by atoms with Crippen LogP contribution in [-0.2, 0) is 9.53 Å². The Bertz CT molecular complexity index is 245. The predicted molar refractivity (Wildman–Crippen MR) is 53.9 cm³/mol. The summed E-state index contributed by atoms with van der Waals surface area (Å²) in [6.07, 6.45) is 1.90. The molecular formula is C9H17N3O3. The van der Waals surface area contributed by atoms with Crippen LogP contribution in [0, 0.1) is 5.92 Å². The molecule has 0 heterocycles. The first kappa shape index (κ1) is 11.8. The molecule has 2 amide bonds. The maximum atomic E-state index is 11.5. The third-order valence-electron chi connectivity index (χ3n) is 2.55. The summed E-state index contributed by atoms with van der Waals surface area (Å²) in [5.41, 5.74) is 10.5. The highest BCUT2D eigenvalue weighted by Gasteiger charge is 2.29. The topological polar surface area (TPSA) is 107 Å². The largest absolute Gasteiger partial charge is 0.448 e. The lowest BCUT2D eigenvalue weighted by atomic mass is 10.0. The van der Waals surface area contributed by atoms with Gasteiger partial charge in [0.15, 0.2) is 0 Å². The molecule has 15 heavy (non-hydrogen) atoms. The second-order valence-corrected chi connectivity index (χ2v) is 3.66. The van der Waals surface area contributed by atoms with Crippen molar-refractivity contribution >= 4 is 12.0 Å². The Balaban J connectivity index is 2.15. The standard InChI is InChI=1S/C9H17N3O3/c10-7-3-1-2-6(7)8(13)12-4-5-15-9(11)14/h6-7H,1-5,10H2,(H2,11,14)(H,12,13). The Morgan fingerprint density at radius 3 is 2.67 bits per heavy atom. The van der Waals surface area contributed by atoms with Gasteiger partial charge in [-0.2, -0.15) is 0 Å². The normalized spacial score (nSPS) is 24.9. The molecule has 0 aromatic carbocycles. The molecule has 0 aromatic rings. The molecule has 86 valence electrons. The SMILES string of the molecule is NC(=O)OCCNC(=O)C1CCCC1N. The molecule has 0 bridgehead atoms. The molecule has 6 heteroatoms. The van der Waals surface area contributed by atoms with E-state index in [2.05, 4.69) is 10.1 Å². The first-order valence-electron chi connectivity index (χ1n) is 5.07. The van der Waals surface area contributed by atoms with Crippen LogP contribution in [0.2, 0.25) is 0 Å². The van der Waals surface area contributed by atoms with Crippen molar-refractivity contribution in [3.05, 3.63) is 0 Å². The summed E-state index contributed by atoms with van der Waals surface area (Å²) >= 11 is 0. The Morgan fingerprint density at radius 2 is 2.13 bits per heavy atom. The van der Waals surface area contributed by atoms with Crippen LogP contribution in [0.5, 0.6) is 0 Å². The van der Waals surface area contributed by atoms with Gasteiger partial charge in [0.1, 0.15) is 6.61 Å². The van der Waals surface area contributed by atoms with Crippen molar-refractivity contribution in [2.24, 2.45) is 17.4 Å². The van der Waals surface area contributed by atoms with Crippen molar-refractivity contribution < 1.29 is 14.3 Å². The highest BCUT2D eigenvalue weighted by molar-refractivity contribution is 5.79. The number of hydrogen-bond donors (Lipinski definition) is 3. The quantitative estimate of drug-likeness (QED) is 0.540. The summed E-state index contributed by atoms with van der Waals surface area (Å²) in [6, 6.07) is -0.0398. The number of primary amides is 1. The van der Waals surface area contributed by atoms with E-state index < -0.39 is 6.09 Å². The molecule has 2 unspecified atom stereocenters. The molecule has 5 N–H and O–H groups in total. The Hall–Kier alpha value is -1.30. The Labute approximate surface area is 88.3 Å². The zero-order valence-electron chi connectivity index (χ0n) is 8.57. The average molecular weight is 215 g/mol. The monoisotopic (exact) mass is 215 g/mol. The van der Waals surface area contributed by atoms with Gasteiger partial charge in [-0.1, -0.05) is 6.42 Å². The van der Waals surface area contributed by atoms with Crippen LogP contribution in [0.3, 0.4) is 0 Å². The molecule has 6 nitrogen and oxygen atoms in total. The first-order valence-corrected chi connectivity index (χ1v) is 5.07. The van der Waals surface area contributed by atoms with Gasteiger partial charge in [0, 0.05) is 6.04 Å². The van der Waals surface area contributed by atoms with Gasteiger partial charge >= 0.3 is 6.09 Å². The van der Waals surface area contributed by atoms with Crippen molar-refractivity contribution in [3.63, 3.8) is 0 Å². The number of ether oxygens (including phenoxy) is 1. The highest BCUT2D eigenvalue weighted by atomic mass is 16.5. The average Bonchev–Trinajstić information content (AvgIpc) is 2.58. The van der Waals surface area contributed by atoms with E-state index in [4.69, 9.17) is 11.5 Å². The van der Waals surface area contributed by atoms with E-state index in [0.29, 0.717) is 0 Å². The van der Waals surface area contributed by atoms with Gasteiger partial charge in [0.2, 0.25) is 5.91 Å². The lowest BCUT2D eigenvalue weighted by Crippen LogP contribution is -2.40. The van der Waals surface area contributed by atoms with Crippen LogP contribution in [0.15, 0.2) is 0 Å². The molecule has 2 atom stereocenters. The minimum absolute atomic E-state index is 0.0398. The van der Waals surface area contributed by atoms with Crippen LogP contribution in [0.25, 0.3) is 0 Å². The summed E-state index contributed by atoms with van der Waals surface area (Å²) in [6.45, 7) is 0.383. The van der Waals surface area contributed by atoms with Crippen LogP contribution >= 0.6 is 0 Å². The fourth-order valence-corrected chi connectivity index (χ4v) is 1.77. The number of rotatable bonds is 4. The number of carbonyl (C=O) groups is 2. The number of nitrogens with one attached hydrogen (secondary N) is 1. The number of hydrogen-bond acceptors (Lipinski definition) is 4. The molecule has 1 aliphatic rings. The third-order valence-corrected chi connectivity index (χ3v) is 2.55. The molecule has 0 spiro atoms. The Kier molecular flexibility index (Phi) is 4.36. The fourth-order valence-electron chi connectivity index (χ4n) is 1.77. The molecule has 1 saturated carbocycles. The number of carbonyl (C=O) groups excluding carboxylic acids is 2. The van der Waals surface area contributed by atoms with Gasteiger partial charge in [-0.3, -0.25) is 4.79 Å². The van der Waals surface area contributed by atoms with Gasteiger partial charge in [-0.05, 0) is 12.8 Å². The van der Waals surface area contributed by atoms with E-state index in [1.54, 1.807) is 0 Å². The molecule has 0 saturated heterocycles. The van der Waals surface area contributed by atoms with E-state index in [-0.39, 0.29) is 31.0 Å². The molecule has 1 rings (SSSR count). The van der Waals surface area contributed by atoms with Crippen molar-refractivity contribution in [1.82, 2.24) is 5.32 Å². The molecular weight excluding hydrogens is 198 g/mol. The summed E-state index contributed by atoms with van der Waals surface area (Å²) < 4.78 is 4.47. The van der Waals surface area contributed by atoms with Gasteiger partial charge < -0.3 is 21.5 Å². The predicted octanol–water partition coefficient (Wildman–Crippen LogP) is -0.675. The second-order valence-electron chi connectivity index (χ2n) is 3.66. The smallest absolute Gasteiger partial charge is 0.404 e. The van der Waals surface area contributed by atoms with Crippen LogP contribution in [0.1, 0.15) is 19.3 Å². The van der Waals surface area contributed by atoms with E-state index in [0.717, 1.165) is 19.3 Å².